The third-order valence-corrected chi connectivity index (χ3v) is 6.13. The first-order chi connectivity index (χ1) is 11.4. The summed E-state index contributed by atoms with van der Waals surface area (Å²) in [6.45, 7) is 4.37. The van der Waals surface area contributed by atoms with Crippen LogP contribution in [-0.4, -0.2) is 29.0 Å². The van der Waals surface area contributed by atoms with Gasteiger partial charge in [0.25, 0.3) is 0 Å². The quantitative estimate of drug-likeness (QED) is 0.853. The molecule has 1 aromatic carbocycles. The first kappa shape index (κ1) is 18.9. The maximum absolute atomic E-state index is 13.6. The van der Waals surface area contributed by atoms with Crippen LogP contribution >= 0.6 is 0 Å². The van der Waals surface area contributed by atoms with Crippen LogP contribution in [-0.2, 0) is 21.3 Å². The van der Waals surface area contributed by atoms with Crippen LogP contribution in [0.25, 0.3) is 0 Å². The molecule has 2 rings (SSSR count). The van der Waals surface area contributed by atoms with Gasteiger partial charge in [0.1, 0.15) is 5.75 Å². The zero-order valence-corrected chi connectivity index (χ0v) is 15.3. The third kappa shape index (κ3) is 5.03. The maximum Gasteiger partial charge on any atom is 0.232 e. The molecule has 1 aliphatic carbocycles. The zero-order valence-electron chi connectivity index (χ0n) is 14.5. The summed E-state index contributed by atoms with van der Waals surface area (Å²) in [4.78, 5) is 12.1. The Labute approximate surface area is 145 Å². The molecule has 0 saturated heterocycles. The van der Waals surface area contributed by atoms with E-state index in [1.54, 1.807) is 6.07 Å². The van der Waals surface area contributed by atoms with Gasteiger partial charge in [0, 0.05) is 22.6 Å². The Morgan fingerprint density at radius 1 is 1.38 bits per heavy atom. The average Bonchev–Trinajstić information content (AvgIpc) is 2.52. The van der Waals surface area contributed by atoms with E-state index in [9.17, 15) is 13.4 Å². The Morgan fingerprint density at radius 3 is 2.79 bits per heavy atom. The lowest BCUT2D eigenvalue weighted by molar-refractivity contribution is -0.120. The number of halogens is 1. The number of ether oxygens (including phenoxy) is 1. The van der Waals surface area contributed by atoms with Crippen LogP contribution in [0.2, 0.25) is 0 Å². The second-order valence-corrected chi connectivity index (χ2v) is 8.10. The summed E-state index contributed by atoms with van der Waals surface area (Å²) >= 11 is 0. The van der Waals surface area contributed by atoms with Crippen molar-refractivity contribution in [2.24, 2.45) is 11.8 Å². The van der Waals surface area contributed by atoms with Gasteiger partial charge in [-0.25, -0.2) is 4.39 Å². The van der Waals surface area contributed by atoms with Crippen molar-refractivity contribution in [2.75, 3.05) is 12.9 Å². The normalized spacial score (nSPS) is 25.1. The molecule has 0 spiro atoms. The highest BCUT2D eigenvalue weighted by molar-refractivity contribution is 7.84. The van der Waals surface area contributed by atoms with E-state index >= 15 is 0 Å². The number of nitrogens with one attached hydrogen (secondary N) is 1. The molecule has 0 bridgehead atoms. The van der Waals surface area contributed by atoms with Crippen LogP contribution in [0.3, 0.4) is 0 Å². The summed E-state index contributed by atoms with van der Waals surface area (Å²) in [5.41, 5.74) is 0.596. The van der Waals surface area contributed by atoms with E-state index in [1.807, 2.05) is 0 Å². The highest BCUT2D eigenvalue weighted by atomic mass is 32.2. The van der Waals surface area contributed by atoms with Crippen molar-refractivity contribution in [3.05, 3.63) is 29.6 Å². The van der Waals surface area contributed by atoms with Gasteiger partial charge in [-0.15, -0.1) is 0 Å². The standard InChI is InChI=1S/C18H26FNO3S/c1-12-5-4-6-16(13(12)2)20-18(21)11-24(22)10-14-7-8-17(23-3)15(19)9-14/h7-9,12-13,16H,4-6,10-11H2,1-3H3,(H,20,21)/t12-,13+,16-,24-/m1/s1. The summed E-state index contributed by atoms with van der Waals surface area (Å²) < 4.78 is 30.7. The number of methoxy groups -OCH3 is 1. The van der Waals surface area contributed by atoms with Crippen molar-refractivity contribution in [3.8, 4) is 5.75 Å². The molecule has 0 aromatic heterocycles. The lowest BCUT2D eigenvalue weighted by Crippen LogP contribution is -2.45. The van der Waals surface area contributed by atoms with Gasteiger partial charge in [-0.1, -0.05) is 32.8 Å². The van der Waals surface area contributed by atoms with Gasteiger partial charge in [-0.2, -0.15) is 0 Å². The van der Waals surface area contributed by atoms with Crippen LogP contribution in [0.5, 0.6) is 5.75 Å². The fraction of sp³-hybridized carbons (Fsp3) is 0.611. The van der Waals surface area contributed by atoms with E-state index < -0.39 is 16.6 Å². The number of carbonyl (C=O) groups is 1. The molecule has 4 atom stereocenters. The molecule has 4 nitrogen and oxygen atoms in total. The molecule has 1 fully saturated rings. The molecule has 6 heteroatoms. The van der Waals surface area contributed by atoms with Crippen molar-refractivity contribution in [2.45, 2.75) is 44.9 Å². The Kier molecular flexibility index (Phi) is 6.78. The summed E-state index contributed by atoms with van der Waals surface area (Å²) in [6, 6.07) is 4.64. The lowest BCUT2D eigenvalue weighted by atomic mass is 9.78. The Bertz CT molecular complexity index is 608. The molecule has 1 aromatic rings. The minimum Gasteiger partial charge on any atom is -0.494 e. The molecule has 0 heterocycles. The first-order valence-electron chi connectivity index (χ1n) is 8.37. The van der Waals surface area contributed by atoms with E-state index in [1.165, 1.54) is 25.7 Å². The zero-order chi connectivity index (χ0) is 17.7. The third-order valence-electron chi connectivity index (χ3n) is 4.89. The molecule has 1 saturated carbocycles. The van der Waals surface area contributed by atoms with Gasteiger partial charge in [0.05, 0.1) is 7.11 Å². The molecule has 24 heavy (non-hydrogen) atoms. The highest BCUT2D eigenvalue weighted by Crippen LogP contribution is 2.29. The fourth-order valence-corrected chi connectivity index (χ4v) is 4.25. The van der Waals surface area contributed by atoms with Gasteiger partial charge in [-0.05, 0) is 36.0 Å². The monoisotopic (exact) mass is 355 g/mol. The Hall–Kier alpha value is -1.43. The van der Waals surface area contributed by atoms with E-state index in [4.69, 9.17) is 4.74 Å². The predicted molar refractivity (Wildman–Crippen MR) is 93.8 cm³/mol. The topological polar surface area (TPSA) is 55.4 Å². The number of amides is 1. The minimum absolute atomic E-state index is 0.0503. The van der Waals surface area contributed by atoms with Crippen LogP contribution < -0.4 is 10.1 Å². The van der Waals surface area contributed by atoms with Gasteiger partial charge >= 0.3 is 0 Å². The summed E-state index contributed by atoms with van der Waals surface area (Å²) in [5.74, 6) is 0.622. The lowest BCUT2D eigenvalue weighted by Gasteiger charge is -2.34. The van der Waals surface area contributed by atoms with Crippen molar-refractivity contribution in [1.82, 2.24) is 5.32 Å². The molecule has 0 radical (unpaired) electrons. The van der Waals surface area contributed by atoms with E-state index in [2.05, 4.69) is 19.2 Å². The van der Waals surface area contributed by atoms with Crippen molar-refractivity contribution >= 4 is 16.7 Å². The molecular weight excluding hydrogens is 329 g/mol. The molecule has 1 amide bonds. The largest absolute Gasteiger partial charge is 0.494 e. The summed E-state index contributed by atoms with van der Waals surface area (Å²) in [6.07, 6.45) is 3.29. The van der Waals surface area contributed by atoms with Gasteiger partial charge < -0.3 is 10.1 Å². The number of hydrogen-bond donors (Lipinski definition) is 1. The number of hydrogen-bond acceptors (Lipinski definition) is 3. The second kappa shape index (κ2) is 8.60. The van der Waals surface area contributed by atoms with Crippen LogP contribution in [0.15, 0.2) is 18.2 Å². The number of carbonyl (C=O) groups excluding carboxylic acids is 1. The van der Waals surface area contributed by atoms with E-state index in [0.29, 0.717) is 17.4 Å². The molecule has 0 aliphatic heterocycles. The Balaban J connectivity index is 1.85. The number of benzene rings is 1. The predicted octanol–water partition coefficient (Wildman–Crippen LogP) is 3.02. The van der Waals surface area contributed by atoms with Crippen molar-refractivity contribution in [1.29, 1.82) is 0 Å². The maximum atomic E-state index is 13.6. The number of rotatable bonds is 6. The SMILES string of the molecule is COc1ccc(C[S@@](=O)CC(=O)N[C@@H]2CCC[C@@H](C)[C@@H]2C)cc1F. The van der Waals surface area contributed by atoms with Gasteiger partial charge in [-0.3, -0.25) is 9.00 Å². The average molecular weight is 355 g/mol. The summed E-state index contributed by atoms with van der Waals surface area (Å²) in [7, 11) is 0.0348. The smallest absolute Gasteiger partial charge is 0.232 e. The molecule has 0 unspecified atom stereocenters. The molecule has 134 valence electrons. The minimum atomic E-state index is -1.36. The molecule has 1 N–H and O–H groups in total. The van der Waals surface area contributed by atoms with Crippen LogP contribution in [0.1, 0.15) is 38.7 Å². The van der Waals surface area contributed by atoms with Gasteiger partial charge in [0.15, 0.2) is 11.6 Å². The Morgan fingerprint density at radius 2 is 2.12 bits per heavy atom. The molecule has 1 aliphatic rings. The van der Waals surface area contributed by atoms with Crippen molar-refractivity contribution < 1.29 is 18.1 Å². The fourth-order valence-electron chi connectivity index (χ4n) is 3.22. The first-order valence-corrected chi connectivity index (χ1v) is 9.86. The summed E-state index contributed by atoms with van der Waals surface area (Å²) in [5, 5.41) is 3.02. The van der Waals surface area contributed by atoms with E-state index in [0.717, 1.165) is 12.8 Å². The van der Waals surface area contributed by atoms with Crippen LogP contribution in [0.4, 0.5) is 4.39 Å². The van der Waals surface area contributed by atoms with Crippen molar-refractivity contribution in [3.63, 3.8) is 0 Å². The highest BCUT2D eigenvalue weighted by Gasteiger charge is 2.28. The second-order valence-electron chi connectivity index (χ2n) is 6.64. The molecular formula is C18H26FNO3S. The van der Waals surface area contributed by atoms with Crippen LogP contribution in [0, 0.1) is 17.7 Å². The van der Waals surface area contributed by atoms with E-state index in [-0.39, 0.29) is 29.2 Å². The van der Waals surface area contributed by atoms with Gasteiger partial charge in [0.2, 0.25) is 5.91 Å².